The average molecular weight is 246 g/mol. The summed E-state index contributed by atoms with van der Waals surface area (Å²) in [7, 11) is 0. The van der Waals surface area contributed by atoms with E-state index in [2.05, 4.69) is 24.3 Å². The lowest BCUT2D eigenvalue weighted by atomic mass is 9.83. The largest absolute Gasteiger partial charge is 0.390 e. The van der Waals surface area contributed by atoms with Crippen LogP contribution < -0.4 is 0 Å². The Kier molecular flexibility index (Phi) is 5.25. The minimum Gasteiger partial charge on any atom is -0.390 e. The molecule has 0 saturated heterocycles. The molecule has 1 aromatic rings. The number of rotatable bonds is 2. The summed E-state index contributed by atoms with van der Waals surface area (Å²) < 4.78 is 0. The predicted octanol–water partition coefficient (Wildman–Crippen LogP) is 4.48. The second-order valence-electron chi connectivity index (χ2n) is 5.86. The van der Waals surface area contributed by atoms with Crippen molar-refractivity contribution in [2.75, 3.05) is 0 Å². The van der Waals surface area contributed by atoms with Crippen LogP contribution in [-0.4, -0.2) is 10.7 Å². The number of benzene rings is 1. The summed E-state index contributed by atoms with van der Waals surface area (Å²) in [5, 5.41) is 10.8. The molecule has 0 aliphatic heterocycles. The Morgan fingerprint density at radius 3 is 1.83 bits per heavy atom. The van der Waals surface area contributed by atoms with Crippen LogP contribution in [0.25, 0.3) is 0 Å². The molecule has 0 spiro atoms. The zero-order valence-electron chi connectivity index (χ0n) is 11.4. The maximum Gasteiger partial charge on any atom is 0.0688 e. The third-order valence-electron chi connectivity index (χ3n) is 4.16. The molecule has 1 heteroatoms. The SMILES string of the molecule is OC1(Cc2ccccc2)CCCCCCCCC1. The van der Waals surface area contributed by atoms with Crippen LogP contribution in [0.3, 0.4) is 0 Å². The van der Waals surface area contributed by atoms with Gasteiger partial charge in [0.05, 0.1) is 5.60 Å². The van der Waals surface area contributed by atoms with E-state index in [1.807, 2.05) is 6.07 Å². The van der Waals surface area contributed by atoms with E-state index in [4.69, 9.17) is 0 Å². The van der Waals surface area contributed by atoms with Crippen LogP contribution >= 0.6 is 0 Å². The number of hydrogen-bond acceptors (Lipinski definition) is 1. The molecule has 1 fully saturated rings. The van der Waals surface area contributed by atoms with Gasteiger partial charge >= 0.3 is 0 Å². The summed E-state index contributed by atoms with van der Waals surface area (Å²) in [5.74, 6) is 0. The van der Waals surface area contributed by atoms with Crippen molar-refractivity contribution in [1.82, 2.24) is 0 Å². The van der Waals surface area contributed by atoms with Crippen LogP contribution in [0, 0.1) is 0 Å². The quantitative estimate of drug-likeness (QED) is 0.815. The number of aliphatic hydroxyl groups is 1. The predicted molar refractivity (Wildman–Crippen MR) is 76.6 cm³/mol. The topological polar surface area (TPSA) is 20.2 Å². The number of hydrogen-bond donors (Lipinski definition) is 1. The van der Waals surface area contributed by atoms with E-state index < -0.39 is 5.60 Å². The Morgan fingerprint density at radius 1 is 0.778 bits per heavy atom. The van der Waals surface area contributed by atoms with Crippen LogP contribution in [0.5, 0.6) is 0 Å². The van der Waals surface area contributed by atoms with Crippen LogP contribution in [0.4, 0.5) is 0 Å². The van der Waals surface area contributed by atoms with E-state index in [1.54, 1.807) is 0 Å². The molecule has 1 saturated carbocycles. The summed E-state index contributed by atoms with van der Waals surface area (Å²) in [6, 6.07) is 10.5. The first-order valence-corrected chi connectivity index (χ1v) is 7.55. The smallest absolute Gasteiger partial charge is 0.0688 e. The Labute approximate surface area is 111 Å². The van der Waals surface area contributed by atoms with Crippen LogP contribution in [0.1, 0.15) is 63.4 Å². The van der Waals surface area contributed by atoms with Gasteiger partial charge in [-0.3, -0.25) is 0 Å². The second kappa shape index (κ2) is 6.94. The highest BCUT2D eigenvalue weighted by Crippen LogP contribution is 2.28. The summed E-state index contributed by atoms with van der Waals surface area (Å²) in [5.41, 5.74) is 0.815. The maximum atomic E-state index is 10.8. The molecule has 100 valence electrons. The van der Waals surface area contributed by atoms with Crippen molar-refractivity contribution in [1.29, 1.82) is 0 Å². The fourth-order valence-electron chi connectivity index (χ4n) is 3.07. The molecule has 0 atom stereocenters. The second-order valence-corrected chi connectivity index (χ2v) is 5.86. The molecule has 1 aliphatic carbocycles. The maximum absolute atomic E-state index is 10.8. The minimum atomic E-state index is -0.460. The van der Waals surface area contributed by atoms with Gasteiger partial charge in [0.25, 0.3) is 0 Å². The summed E-state index contributed by atoms with van der Waals surface area (Å²) >= 11 is 0. The van der Waals surface area contributed by atoms with Gasteiger partial charge in [-0.25, -0.2) is 0 Å². The van der Waals surface area contributed by atoms with Crippen molar-refractivity contribution in [3.8, 4) is 0 Å². The van der Waals surface area contributed by atoms with Gasteiger partial charge < -0.3 is 5.11 Å². The lowest BCUT2D eigenvalue weighted by Gasteiger charge is -2.29. The molecule has 0 amide bonds. The standard InChI is InChI=1S/C17H26O/c18-17(15-16-11-7-6-8-12-16)13-9-4-2-1-3-5-10-14-17/h6-8,11-12,18H,1-5,9-10,13-15H2. The fraction of sp³-hybridized carbons (Fsp3) is 0.647. The normalized spacial score (nSPS) is 21.4. The van der Waals surface area contributed by atoms with E-state index in [9.17, 15) is 5.11 Å². The summed E-state index contributed by atoms with van der Waals surface area (Å²) in [4.78, 5) is 0. The first-order chi connectivity index (χ1) is 8.79. The van der Waals surface area contributed by atoms with Gasteiger partial charge in [0.2, 0.25) is 0 Å². The zero-order chi connectivity index (χ0) is 12.7. The van der Waals surface area contributed by atoms with Gasteiger partial charge in [-0.2, -0.15) is 0 Å². The Balaban J connectivity index is 1.96. The molecular weight excluding hydrogens is 220 g/mol. The molecule has 1 aromatic carbocycles. The molecule has 0 bridgehead atoms. The van der Waals surface area contributed by atoms with Crippen molar-refractivity contribution in [3.05, 3.63) is 35.9 Å². The van der Waals surface area contributed by atoms with Gasteiger partial charge in [0.15, 0.2) is 0 Å². The first kappa shape index (κ1) is 13.6. The fourth-order valence-corrected chi connectivity index (χ4v) is 3.07. The Bertz CT molecular complexity index is 321. The van der Waals surface area contributed by atoms with Crippen LogP contribution in [0.15, 0.2) is 30.3 Å². The molecule has 1 N–H and O–H groups in total. The van der Waals surface area contributed by atoms with E-state index in [1.165, 1.54) is 50.5 Å². The van der Waals surface area contributed by atoms with Crippen LogP contribution in [0.2, 0.25) is 0 Å². The van der Waals surface area contributed by atoms with Gasteiger partial charge in [0.1, 0.15) is 0 Å². The van der Waals surface area contributed by atoms with E-state index in [-0.39, 0.29) is 0 Å². The summed E-state index contributed by atoms with van der Waals surface area (Å²) in [6.07, 6.45) is 11.8. The highest BCUT2D eigenvalue weighted by Gasteiger charge is 2.26. The van der Waals surface area contributed by atoms with Crippen molar-refractivity contribution in [2.24, 2.45) is 0 Å². The monoisotopic (exact) mass is 246 g/mol. The first-order valence-electron chi connectivity index (χ1n) is 7.55. The summed E-state index contributed by atoms with van der Waals surface area (Å²) in [6.45, 7) is 0. The molecule has 0 unspecified atom stereocenters. The van der Waals surface area contributed by atoms with Gasteiger partial charge in [-0.15, -0.1) is 0 Å². The molecule has 0 radical (unpaired) electrons. The highest BCUT2D eigenvalue weighted by molar-refractivity contribution is 5.17. The average Bonchev–Trinajstić information content (AvgIpc) is 2.38. The van der Waals surface area contributed by atoms with Crippen molar-refractivity contribution < 1.29 is 5.11 Å². The van der Waals surface area contributed by atoms with Crippen molar-refractivity contribution >= 4 is 0 Å². The Hall–Kier alpha value is -0.820. The Morgan fingerprint density at radius 2 is 1.28 bits per heavy atom. The zero-order valence-corrected chi connectivity index (χ0v) is 11.4. The van der Waals surface area contributed by atoms with Gasteiger partial charge in [-0.1, -0.05) is 75.3 Å². The molecule has 0 heterocycles. The lowest BCUT2D eigenvalue weighted by molar-refractivity contribution is 0.0170. The lowest BCUT2D eigenvalue weighted by Crippen LogP contribution is -2.31. The third-order valence-corrected chi connectivity index (χ3v) is 4.16. The van der Waals surface area contributed by atoms with Crippen molar-refractivity contribution in [2.45, 2.75) is 69.8 Å². The van der Waals surface area contributed by atoms with Crippen LogP contribution in [-0.2, 0) is 6.42 Å². The molecule has 18 heavy (non-hydrogen) atoms. The van der Waals surface area contributed by atoms with Gasteiger partial charge in [-0.05, 0) is 18.4 Å². The molecule has 1 aliphatic rings. The van der Waals surface area contributed by atoms with Gasteiger partial charge in [0, 0.05) is 6.42 Å². The molecule has 0 aromatic heterocycles. The highest BCUT2D eigenvalue weighted by atomic mass is 16.3. The molecule has 1 nitrogen and oxygen atoms in total. The third kappa shape index (κ3) is 4.45. The van der Waals surface area contributed by atoms with E-state index >= 15 is 0 Å². The van der Waals surface area contributed by atoms with Crippen molar-refractivity contribution in [3.63, 3.8) is 0 Å². The minimum absolute atomic E-state index is 0.460. The molecular formula is C17H26O. The van der Waals surface area contributed by atoms with E-state index in [0.717, 1.165) is 19.3 Å². The molecule has 2 rings (SSSR count). The van der Waals surface area contributed by atoms with E-state index in [0.29, 0.717) is 0 Å².